The molecule has 1 amide bonds. The molecule has 1 fully saturated rings. The van der Waals surface area contributed by atoms with Crippen molar-refractivity contribution >= 4 is 21.8 Å². The third-order valence-electron chi connectivity index (χ3n) is 5.68. The van der Waals surface area contributed by atoms with Crippen molar-refractivity contribution in [1.82, 2.24) is 14.1 Å². The number of carbonyl (C=O) groups excluding carboxylic acids is 1. The molecule has 168 valence electrons. The lowest BCUT2D eigenvalue weighted by Crippen LogP contribution is -2.50. The Kier molecular flexibility index (Phi) is 6.29. The highest BCUT2D eigenvalue weighted by Gasteiger charge is 2.34. The molecule has 2 aromatic rings. The van der Waals surface area contributed by atoms with Gasteiger partial charge in [0.1, 0.15) is 11.4 Å². The Morgan fingerprint density at radius 2 is 1.66 bits per heavy atom. The first-order valence-electron chi connectivity index (χ1n) is 10.4. The highest BCUT2D eigenvalue weighted by molar-refractivity contribution is 7.88. The van der Waals surface area contributed by atoms with Crippen LogP contribution in [0.5, 0.6) is 5.75 Å². The molecule has 2 aromatic carbocycles. The monoisotopic (exact) mass is 454 g/mol. The van der Waals surface area contributed by atoms with E-state index >= 15 is 0 Å². The van der Waals surface area contributed by atoms with E-state index in [2.05, 4.69) is 21.4 Å². The molecule has 0 aliphatic carbocycles. The molecule has 0 radical (unpaired) electrons. The number of nitrogens with zero attached hydrogens (tertiary/aromatic N) is 4. The molecule has 9 heteroatoms. The van der Waals surface area contributed by atoms with E-state index in [0.29, 0.717) is 24.4 Å². The van der Waals surface area contributed by atoms with Gasteiger partial charge in [0.25, 0.3) is 5.91 Å². The standard InChI is InChI=1S/C23H26N4O4S/c1-25-21(16-20(24-32(25,29)30)19-10-6-7-11-22(19)31-2)23(28)27-14-12-26(13-15-27)17-18-8-4-3-5-9-18/h3-11,16H,12-15,17H2,1-2H3. The van der Waals surface area contributed by atoms with E-state index in [9.17, 15) is 13.2 Å². The summed E-state index contributed by atoms with van der Waals surface area (Å²) in [6.07, 6.45) is 1.53. The maximum Gasteiger partial charge on any atom is 0.345 e. The Morgan fingerprint density at radius 1 is 1.00 bits per heavy atom. The predicted molar refractivity (Wildman–Crippen MR) is 123 cm³/mol. The minimum Gasteiger partial charge on any atom is -0.496 e. The summed E-state index contributed by atoms with van der Waals surface area (Å²) in [4.78, 5) is 17.3. The molecule has 2 aliphatic rings. The van der Waals surface area contributed by atoms with Gasteiger partial charge in [0, 0.05) is 45.3 Å². The molecule has 0 N–H and O–H groups in total. The number of methoxy groups -OCH3 is 1. The summed E-state index contributed by atoms with van der Waals surface area (Å²) < 4.78 is 35.6. The number of allylic oxidation sites excluding steroid dienone is 1. The first-order valence-corrected chi connectivity index (χ1v) is 11.8. The minimum atomic E-state index is -4.03. The minimum absolute atomic E-state index is 0.0809. The average molecular weight is 455 g/mol. The van der Waals surface area contributed by atoms with E-state index in [1.54, 1.807) is 29.2 Å². The van der Waals surface area contributed by atoms with Crippen molar-refractivity contribution in [2.24, 2.45) is 4.40 Å². The number of likely N-dealkylation sites (N-methyl/N-ethyl adjacent to an activating group) is 1. The van der Waals surface area contributed by atoms with Crippen LogP contribution in [0, 0.1) is 0 Å². The molecule has 0 bridgehead atoms. The lowest BCUT2D eigenvalue weighted by atomic mass is 10.1. The average Bonchev–Trinajstić information content (AvgIpc) is 2.81. The third kappa shape index (κ3) is 4.53. The third-order valence-corrected chi connectivity index (χ3v) is 7.00. The highest BCUT2D eigenvalue weighted by atomic mass is 32.2. The summed E-state index contributed by atoms with van der Waals surface area (Å²) in [5, 5.41) is 0. The number of amides is 1. The Morgan fingerprint density at radius 3 is 2.34 bits per heavy atom. The van der Waals surface area contributed by atoms with Crippen LogP contribution in [0.3, 0.4) is 0 Å². The second-order valence-electron chi connectivity index (χ2n) is 7.71. The Balaban J connectivity index is 1.52. The van der Waals surface area contributed by atoms with Crippen molar-refractivity contribution in [2.75, 3.05) is 40.3 Å². The molecule has 8 nitrogen and oxygen atoms in total. The van der Waals surface area contributed by atoms with Crippen molar-refractivity contribution in [3.05, 3.63) is 77.5 Å². The van der Waals surface area contributed by atoms with Crippen molar-refractivity contribution in [2.45, 2.75) is 6.54 Å². The van der Waals surface area contributed by atoms with Gasteiger partial charge < -0.3 is 9.64 Å². The topological polar surface area (TPSA) is 82.5 Å². The zero-order chi connectivity index (χ0) is 22.7. The Labute approximate surface area is 188 Å². The first kappa shape index (κ1) is 22.0. The second kappa shape index (κ2) is 9.13. The summed E-state index contributed by atoms with van der Waals surface area (Å²) in [6, 6.07) is 17.2. The maximum atomic E-state index is 13.3. The van der Waals surface area contributed by atoms with Gasteiger partial charge in [0.15, 0.2) is 0 Å². The van der Waals surface area contributed by atoms with Crippen LogP contribution in [0.1, 0.15) is 11.1 Å². The van der Waals surface area contributed by atoms with Crippen LogP contribution in [-0.2, 0) is 21.5 Å². The van der Waals surface area contributed by atoms with Crippen LogP contribution >= 0.6 is 0 Å². The fourth-order valence-electron chi connectivity index (χ4n) is 3.85. The van der Waals surface area contributed by atoms with Gasteiger partial charge >= 0.3 is 10.2 Å². The number of ether oxygens (including phenoxy) is 1. The van der Waals surface area contributed by atoms with Crippen LogP contribution in [0.25, 0.3) is 0 Å². The summed E-state index contributed by atoms with van der Waals surface area (Å²) in [6.45, 7) is 3.32. The smallest absolute Gasteiger partial charge is 0.345 e. The highest BCUT2D eigenvalue weighted by Crippen LogP contribution is 2.26. The van der Waals surface area contributed by atoms with E-state index in [-0.39, 0.29) is 17.3 Å². The Bertz CT molecular complexity index is 1150. The molecule has 32 heavy (non-hydrogen) atoms. The van der Waals surface area contributed by atoms with Crippen LogP contribution in [-0.4, -0.2) is 74.5 Å². The molecule has 0 spiro atoms. The molecule has 2 heterocycles. The van der Waals surface area contributed by atoms with Crippen molar-refractivity contribution in [1.29, 1.82) is 0 Å². The maximum absolute atomic E-state index is 13.3. The van der Waals surface area contributed by atoms with Crippen LogP contribution in [0.4, 0.5) is 0 Å². The zero-order valence-corrected chi connectivity index (χ0v) is 19.0. The Hall–Kier alpha value is -3.17. The summed E-state index contributed by atoms with van der Waals surface area (Å²) in [7, 11) is -1.17. The number of para-hydroxylation sites is 1. The fourth-order valence-corrected chi connectivity index (χ4v) is 4.75. The number of piperazine rings is 1. The first-order chi connectivity index (χ1) is 15.4. The van der Waals surface area contributed by atoms with E-state index < -0.39 is 10.2 Å². The SMILES string of the molecule is COc1ccccc1C1=NS(=O)(=O)N(C)C(C(=O)N2CCN(Cc3ccccc3)CC2)=C1. The summed E-state index contributed by atoms with van der Waals surface area (Å²) in [5.74, 6) is 0.168. The number of hydrogen-bond acceptors (Lipinski definition) is 5. The van der Waals surface area contributed by atoms with Gasteiger partial charge in [-0.25, -0.2) is 4.31 Å². The van der Waals surface area contributed by atoms with Gasteiger partial charge in [-0.15, -0.1) is 4.40 Å². The lowest BCUT2D eigenvalue weighted by Gasteiger charge is -2.36. The molecule has 4 rings (SSSR count). The molecular weight excluding hydrogens is 428 g/mol. The second-order valence-corrected chi connectivity index (χ2v) is 9.33. The molecule has 0 aromatic heterocycles. The van der Waals surface area contributed by atoms with Crippen LogP contribution < -0.4 is 4.74 Å². The molecule has 2 aliphatic heterocycles. The quantitative estimate of drug-likeness (QED) is 0.689. The van der Waals surface area contributed by atoms with Crippen molar-refractivity contribution in [3.63, 3.8) is 0 Å². The number of benzene rings is 2. The summed E-state index contributed by atoms with van der Waals surface area (Å²) >= 11 is 0. The predicted octanol–water partition coefficient (Wildman–Crippen LogP) is 1.90. The normalized spacial score (nSPS) is 18.7. The van der Waals surface area contributed by atoms with Gasteiger partial charge in [-0.05, 0) is 23.8 Å². The van der Waals surface area contributed by atoms with Gasteiger partial charge in [-0.3, -0.25) is 9.69 Å². The van der Waals surface area contributed by atoms with Gasteiger partial charge in [-0.2, -0.15) is 8.42 Å². The van der Waals surface area contributed by atoms with Crippen molar-refractivity contribution < 1.29 is 17.9 Å². The van der Waals surface area contributed by atoms with Crippen molar-refractivity contribution in [3.8, 4) is 5.75 Å². The molecule has 0 atom stereocenters. The largest absolute Gasteiger partial charge is 0.496 e. The van der Waals surface area contributed by atoms with Crippen LogP contribution in [0.15, 0.2) is 70.8 Å². The molecule has 0 unspecified atom stereocenters. The number of hydrogen-bond donors (Lipinski definition) is 0. The molecule has 0 saturated carbocycles. The van der Waals surface area contributed by atoms with Crippen LogP contribution in [0.2, 0.25) is 0 Å². The zero-order valence-electron chi connectivity index (χ0n) is 18.1. The van der Waals surface area contributed by atoms with E-state index in [4.69, 9.17) is 4.74 Å². The van der Waals surface area contributed by atoms with Gasteiger partial charge in [0.2, 0.25) is 0 Å². The van der Waals surface area contributed by atoms with Gasteiger partial charge in [-0.1, -0.05) is 42.5 Å². The van der Waals surface area contributed by atoms with E-state index in [0.717, 1.165) is 23.9 Å². The molecular formula is C23H26N4O4S. The summed E-state index contributed by atoms with van der Waals surface area (Å²) in [5.41, 5.74) is 2.01. The fraction of sp³-hybridized carbons (Fsp3) is 0.304. The van der Waals surface area contributed by atoms with E-state index in [1.165, 1.54) is 25.8 Å². The van der Waals surface area contributed by atoms with E-state index in [1.807, 2.05) is 18.2 Å². The number of rotatable bonds is 5. The molecule has 1 saturated heterocycles. The van der Waals surface area contributed by atoms with Gasteiger partial charge in [0.05, 0.1) is 12.8 Å². The number of carbonyl (C=O) groups is 1. The lowest BCUT2D eigenvalue weighted by molar-refractivity contribution is -0.129.